The van der Waals surface area contributed by atoms with Crippen LogP contribution in [0.15, 0.2) is 23.1 Å². The number of aryl methyl sites for hydroxylation is 1. The molecule has 4 nitrogen and oxygen atoms in total. The van der Waals surface area contributed by atoms with Crippen molar-refractivity contribution in [3.63, 3.8) is 0 Å². The second-order valence-electron chi connectivity index (χ2n) is 3.05. The molecule has 0 spiro atoms. The SMILES string of the molecule is Cc1cccc(S(N)(=O)=O)c1CC[O]. The predicted molar refractivity (Wildman–Crippen MR) is 51.8 cm³/mol. The van der Waals surface area contributed by atoms with Crippen molar-refractivity contribution in [3.05, 3.63) is 29.3 Å². The minimum Gasteiger partial charge on any atom is -0.236 e. The van der Waals surface area contributed by atoms with E-state index in [1.54, 1.807) is 19.1 Å². The lowest BCUT2D eigenvalue weighted by molar-refractivity contribution is 0.196. The largest absolute Gasteiger partial charge is 0.238 e. The number of hydrogen-bond acceptors (Lipinski definition) is 2. The monoisotopic (exact) mass is 214 g/mol. The van der Waals surface area contributed by atoms with E-state index in [4.69, 9.17) is 5.14 Å². The zero-order valence-corrected chi connectivity index (χ0v) is 8.67. The first-order chi connectivity index (χ1) is 6.46. The highest BCUT2D eigenvalue weighted by Crippen LogP contribution is 2.18. The first-order valence-electron chi connectivity index (χ1n) is 4.16. The first kappa shape index (κ1) is 11.2. The van der Waals surface area contributed by atoms with Crippen molar-refractivity contribution in [2.75, 3.05) is 6.61 Å². The van der Waals surface area contributed by atoms with Crippen LogP contribution in [0.5, 0.6) is 0 Å². The summed E-state index contributed by atoms with van der Waals surface area (Å²) in [4.78, 5) is 0.0633. The number of nitrogens with two attached hydrogens (primary N) is 1. The molecule has 1 rings (SSSR count). The number of rotatable bonds is 3. The Morgan fingerprint density at radius 3 is 2.50 bits per heavy atom. The molecule has 1 aromatic rings. The summed E-state index contributed by atoms with van der Waals surface area (Å²) in [6, 6.07) is 4.80. The van der Waals surface area contributed by atoms with Gasteiger partial charge in [0.1, 0.15) is 0 Å². The van der Waals surface area contributed by atoms with Crippen LogP contribution in [0.3, 0.4) is 0 Å². The van der Waals surface area contributed by atoms with Gasteiger partial charge in [-0.1, -0.05) is 12.1 Å². The van der Waals surface area contributed by atoms with Gasteiger partial charge in [-0.25, -0.2) is 18.7 Å². The summed E-state index contributed by atoms with van der Waals surface area (Å²) < 4.78 is 22.3. The van der Waals surface area contributed by atoms with Crippen LogP contribution in [0.2, 0.25) is 0 Å². The molecule has 0 aromatic heterocycles. The molecule has 1 radical (unpaired) electrons. The summed E-state index contributed by atoms with van der Waals surface area (Å²) in [5, 5.41) is 15.5. The van der Waals surface area contributed by atoms with Crippen LogP contribution in [-0.4, -0.2) is 15.0 Å². The fourth-order valence-corrected chi connectivity index (χ4v) is 2.24. The molecule has 0 unspecified atom stereocenters. The molecular weight excluding hydrogens is 202 g/mol. The van der Waals surface area contributed by atoms with Crippen LogP contribution in [0.1, 0.15) is 11.1 Å². The van der Waals surface area contributed by atoms with Gasteiger partial charge in [-0.3, -0.25) is 0 Å². The normalized spacial score (nSPS) is 11.6. The average molecular weight is 214 g/mol. The second kappa shape index (κ2) is 4.08. The maximum Gasteiger partial charge on any atom is 0.238 e. The lowest BCUT2D eigenvalue weighted by Gasteiger charge is -2.08. The van der Waals surface area contributed by atoms with E-state index >= 15 is 0 Å². The Kier molecular flexibility index (Phi) is 3.25. The zero-order chi connectivity index (χ0) is 10.8. The van der Waals surface area contributed by atoms with Crippen LogP contribution in [0.25, 0.3) is 0 Å². The summed E-state index contributed by atoms with van der Waals surface area (Å²) in [5.41, 5.74) is 1.32. The van der Waals surface area contributed by atoms with Crippen molar-refractivity contribution in [1.82, 2.24) is 0 Å². The predicted octanol–water partition coefficient (Wildman–Crippen LogP) is 0.615. The number of sulfonamides is 1. The van der Waals surface area contributed by atoms with Crippen LogP contribution in [-0.2, 0) is 21.6 Å². The number of primary sulfonamides is 1. The molecule has 0 atom stereocenters. The lowest BCUT2D eigenvalue weighted by Crippen LogP contribution is -2.15. The average Bonchev–Trinajstić information content (AvgIpc) is 2.07. The van der Waals surface area contributed by atoms with E-state index in [1.807, 2.05) is 0 Å². The van der Waals surface area contributed by atoms with E-state index in [2.05, 4.69) is 0 Å². The third kappa shape index (κ3) is 2.31. The van der Waals surface area contributed by atoms with Gasteiger partial charge in [0, 0.05) is 6.42 Å². The molecule has 0 aliphatic carbocycles. The molecule has 0 amide bonds. The maximum absolute atomic E-state index is 11.2. The minimum absolute atomic E-state index is 0.0633. The summed E-state index contributed by atoms with van der Waals surface area (Å²) in [6.45, 7) is 1.42. The Morgan fingerprint density at radius 2 is 2.00 bits per heavy atom. The van der Waals surface area contributed by atoms with Gasteiger partial charge in [-0.05, 0) is 24.1 Å². The molecule has 0 heterocycles. The van der Waals surface area contributed by atoms with Crippen LogP contribution < -0.4 is 5.14 Å². The van der Waals surface area contributed by atoms with E-state index in [1.165, 1.54) is 6.07 Å². The number of benzene rings is 1. The van der Waals surface area contributed by atoms with Crippen LogP contribution >= 0.6 is 0 Å². The minimum atomic E-state index is -3.72. The third-order valence-corrected chi connectivity index (χ3v) is 3.02. The fraction of sp³-hybridized carbons (Fsp3) is 0.333. The van der Waals surface area contributed by atoms with Crippen molar-refractivity contribution in [3.8, 4) is 0 Å². The van der Waals surface area contributed by atoms with Gasteiger partial charge in [0.25, 0.3) is 0 Å². The van der Waals surface area contributed by atoms with Crippen molar-refractivity contribution in [2.45, 2.75) is 18.2 Å². The topological polar surface area (TPSA) is 80.1 Å². The van der Waals surface area contributed by atoms with E-state index in [9.17, 15) is 13.5 Å². The van der Waals surface area contributed by atoms with E-state index in [0.29, 0.717) is 5.56 Å². The van der Waals surface area contributed by atoms with E-state index in [0.717, 1.165) is 5.56 Å². The Balaban J connectivity index is 3.36. The molecule has 77 valence electrons. The highest BCUT2D eigenvalue weighted by Gasteiger charge is 2.14. The van der Waals surface area contributed by atoms with Crippen molar-refractivity contribution in [1.29, 1.82) is 0 Å². The number of hydrogen-bond donors (Lipinski definition) is 1. The van der Waals surface area contributed by atoms with Gasteiger partial charge in [0.05, 0.1) is 11.5 Å². The van der Waals surface area contributed by atoms with Gasteiger partial charge < -0.3 is 0 Å². The molecule has 14 heavy (non-hydrogen) atoms. The smallest absolute Gasteiger partial charge is 0.236 e. The second-order valence-corrected chi connectivity index (χ2v) is 4.58. The van der Waals surface area contributed by atoms with Gasteiger partial charge in [-0.2, -0.15) is 0 Å². The van der Waals surface area contributed by atoms with Crippen LogP contribution in [0.4, 0.5) is 0 Å². The molecule has 2 N–H and O–H groups in total. The molecule has 5 heteroatoms. The van der Waals surface area contributed by atoms with Gasteiger partial charge in [0.15, 0.2) is 0 Å². The highest BCUT2D eigenvalue weighted by atomic mass is 32.2. The van der Waals surface area contributed by atoms with Crippen molar-refractivity contribution < 1.29 is 13.5 Å². The molecule has 1 aromatic carbocycles. The quantitative estimate of drug-likeness (QED) is 0.800. The molecule has 0 aliphatic heterocycles. The molecule has 0 saturated heterocycles. The van der Waals surface area contributed by atoms with Crippen molar-refractivity contribution >= 4 is 10.0 Å². The Morgan fingerprint density at radius 1 is 1.36 bits per heavy atom. The Hall–Kier alpha value is -0.910. The standard InChI is InChI=1S/C9H12NO3S/c1-7-3-2-4-9(14(10,12)13)8(7)5-6-11/h2-4H,5-6H2,1H3,(H2,10,12,13). The van der Waals surface area contributed by atoms with Gasteiger partial charge >= 0.3 is 0 Å². The summed E-state index contributed by atoms with van der Waals surface area (Å²) in [6.07, 6.45) is 0.193. The zero-order valence-electron chi connectivity index (χ0n) is 7.86. The summed E-state index contributed by atoms with van der Waals surface area (Å²) in [7, 11) is -3.72. The van der Waals surface area contributed by atoms with Gasteiger partial charge in [-0.15, -0.1) is 0 Å². The molecule has 0 bridgehead atoms. The Labute approximate surface area is 83.4 Å². The Bertz CT molecular complexity index is 426. The lowest BCUT2D eigenvalue weighted by atomic mass is 10.1. The molecule has 0 fully saturated rings. The molecular formula is C9H12NO3S. The van der Waals surface area contributed by atoms with Crippen LogP contribution in [0, 0.1) is 6.92 Å². The van der Waals surface area contributed by atoms with E-state index in [-0.39, 0.29) is 17.9 Å². The molecule has 0 saturated carbocycles. The highest BCUT2D eigenvalue weighted by molar-refractivity contribution is 7.89. The maximum atomic E-state index is 11.2. The third-order valence-electron chi connectivity index (χ3n) is 2.03. The van der Waals surface area contributed by atoms with E-state index < -0.39 is 10.0 Å². The summed E-state index contributed by atoms with van der Waals surface area (Å²) in [5.74, 6) is 0. The van der Waals surface area contributed by atoms with Crippen molar-refractivity contribution in [2.24, 2.45) is 5.14 Å². The molecule has 0 aliphatic rings. The first-order valence-corrected chi connectivity index (χ1v) is 5.71. The van der Waals surface area contributed by atoms with Gasteiger partial charge in [0.2, 0.25) is 10.0 Å². The fourth-order valence-electron chi connectivity index (χ4n) is 1.36. The summed E-state index contributed by atoms with van der Waals surface area (Å²) >= 11 is 0.